The fraction of sp³-hybridized carbons (Fsp3) is 0.714. The van der Waals surface area contributed by atoms with Crippen LogP contribution in [0.4, 0.5) is 0 Å². The molecule has 54 valence electrons. The van der Waals surface area contributed by atoms with Crippen molar-refractivity contribution >= 4 is 11.5 Å². The molecule has 0 amide bonds. The summed E-state index contributed by atoms with van der Waals surface area (Å²) in [5.41, 5.74) is 1.25. The lowest BCUT2D eigenvalue weighted by Crippen LogP contribution is -1.87. The molecule has 2 nitrogen and oxygen atoms in total. The molecule has 0 fully saturated rings. The summed E-state index contributed by atoms with van der Waals surface area (Å²) in [4.78, 5) is 1.41. The highest BCUT2D eigenvalue weighted by Crippen LogP contribution is 2.41. The number of fused-ring (bicyclic) bond motifs is 1. The maximum atomic E-state index is 4.10. The van der Waals surface area contributed by atoms with E-state index in [1.54, 1.807) is 11.5 Å². The van der Waals surface area contributed by atoms with Crippen LogP contribution in [0.25, 0.3) is 0 Å². The maximum absolute atomic E-state index is 4.10. The van der Waals surface area contributed by atoms with Crippen molar-refractivity contribution < 1.29 is 0 Å². The van der Waals surface area contributed by atoms with Gasteiger partial charge in [0.05, 0.1) is 10.6 Å². The van der Waals surface area contributed by atoms with Gasteiger partial charge in [-0.1, -0.05) is 18.3 Å². The van der Waals surface area contributed by atoms with Gasteiger partial charge >= 0.3 is 0 Å². The Labute approximate surface area is 64.4 Å². The molecular formula is C7H10N2S. The quantitative estimate of drug-likeness (QED) is 0.572. The van der Waals surface area contributed by atoms with Gasteiger partial charge in [-0.15, -0.1) is 5.10 Å². The molecule has 2 atom stereocenters. The van der Waals surface area contributed by atoms with Crippen LogP contribution in [0.15, 0.2) is 0 Å². The smallest absolute Gasteiger partial charge is 0.0818 e. The molecule has 0 bridgehead atoms. The monoisotopic (exact) mass is 154 g/mol. The Kier molecular flexibility index (Phi) is 1.27. The molecule has 10 heavy (non-hydrogen) atoms. The highest BCUT2D eigenvalue weighted by Gasteiger charge is 2.28. The van der Waals surface area contributed by atoms with Crippen LogP contribution in [0.1, 0.15) is 42.7 Å². The first-order valence-electron chi connectivity index (χ1n) is 3.61. The van der Waals surface area contributed by atoms with Gasteiger partial charge in [-0.2, -0.15) is 0 Å². The van der Waals surface area contributed by atoms with E-state index in [4.69, 9.17) is 0 Å². The van der Waals surface area contributed by atoms with Gasteiger partial charge in [0, 0.05) is 5.92 Å². The molecule has 0 saturated carbocycles. The highest BCUT2D eigenvalue weighted by molar-refractivity contribution is 7.05. The molecule has 0 N–H and O–H groups in total. The molecule has 3 heteroatoms. The van der Waals surface area contributed by atoms with Crippen molar-refractivity contribution in [2.45, 2.75) is 32.1 Å². The molecule has 1 aliphatic carbocycles. The third-order valence-corrected chi connectivity index (χ3v) is 3.13. The van der Waals surface area contributed by atoms with Gasteiger partial charge in [0.15, 0.2) is 0 Å². The standard InChI is InChI=1S/C7H10N2S/c1-4-3-5(2)7-6(4)8-9-10-7/h4-5H,3H2,1-2H3/t4-,5+/m0/s1. The van der Waals surface area contributed by atoms with Gasteiger partial charge in [0.1, 0.15) is 0 Å². The van der Waals surface area contributed by atoms with Crippen LogP contribution in [-0.2, 0) is 0 Å². The van der Waals surface area contributed by atoms with E-state index in [0.717, 1.165) is 0 Å². The Morgan fingerprint density at radius 3 is 2.90 bits per heavy atom. The normalized spacial score (nSPS) is 30.6. The van der Waals surface area contributed by atoms with Crippen molar-refractivity contribution in [2.24, 2.45) is 0 Å². The Balaban J connectivity index is 2.48. The fourth-order valence-corrected chi connectivity index (χ4v) is 2.47. The first kappa shape index (κ1) is 6.28. The number of hydrogen-bond donors (Lipinski definition) is 0. The molecule has 0 aliphatic heterocycles. The highest BCUT2D eigenvalue weighted by atomic mass is 32.1. The van der Waals surface area contributed by atoms with Crippen LogP contribution in [0.3, 0.4) is 0 Å². The minimum Gasteiger partial charge on any atom is -0.143 e. The second-order valence-corrected chi connectivity index (χ2v) is 3.85. The average Bonchev–Trinajstić information content (AvgIpc) is 2.39. The van der Waals surface area contributed by atoms with Crippen molar-refractivity contribution in [2.75, 3.05) is 0 Å². The Bertz CT molecular complexity index is 221. The lowest BCUT2D eigenvalue weighted by molar-refractivity contribution is 0.651. The fourth-order valence-electron chi connectivity index (χ4n) is 1.64. The lowest BCUT2D eigenvalue weighted by atomic mass is 10.1. The van der Waals surface area contributed by atoms with Crippen LogP contribution < -0.4 is 0 Å². The van der Waals surface area contributed by atoms with Gasteiger partial charge in [0.25, 0.3) is 0 Å². The Hall–Kier alpha value is -0.440. The number of aromatic nitrogens is 2. The van der Waals surface area contributed by atoms with Crippen molar-refractivity contribution in [1.82, 2.24) is 9.59 Å². The zero-order valence-electron chi connectivity index (χ0n) is 6.16. The predicted molar refractivity (Wildman–Crippen MR) is 41.4 cm³/mol. The number of nitrogens with zero attached hydrogens (tertiary/aromatic N) is 2. The molecular weight excluding hydrogens is 144 g/mol. The molecule has 0 saturated heterocycles. The molecule has 0 aromatic carbocycles. The van der Waals surface area contributed by atoms with Crippen molar-refractivity contribution in [3.63, 3.8) is 0 Å². The Morgan fingerprint density at radius 2 is 2.20 bits per heavy atom. The summed E-state index contributed by atoms with van der Waals surface area (Å²) in [5, 5.41) is 4.10. The van der Waals surface area contributed by atoms with Crippen LogP contribution >= 0.6 is 11.5 Å². The maximum Gasteiger partial charge on any atom is 0.0818 e. The van der Waals surface area contributed by atoms with E-state index in [2.05, 4.69) is 23.4 Å². The lowest BCUT2D eigenvalue weighted by Gasteiger charge is -1.98. The summed E-state index contributed by atoms with van der Waals surface area (Å²) in [6, 6.07) is 0. The zero-order valence-corrected chi connectivity index (χ0v) is 6.98. The van der Waals surface area contributed by atoms with Crippen LogP contribution in [0.2, 0.25) is 0 Å². The molecule has 1 aromatic rings. The minimum absolute atomic E-state index is 0.642. The van der Waals surface area contributed by atoms with Crippen molar-refractivity contribution in [1.29, 1.82) is 0 Å². The second-order valence-electron chi connectivity index (χ2n) is 3.06. The van der Waals surface area contributed by atoms with Gasteiger partial charge in [-0.3, -0.25) is 0 Å². The summed E-state index contributed by atoms with van der Waals surface area (Å²) in [6.45, 7) is 4.48. The van der Waals surface area contributed by atoms with E-state index in [0.29, 0.717) is 11.8 Å². The van der Waals surface area contributed by atoms with Crippen molar-refractivity contribution in [3.05, 3.63) is 10.6 Å². The largest absolute Gasteiger partial charge is 0.143 e. The molecule has 0 unspecified atom stereocenters. The molecule has 2 rings (SSSR count). The van der Waals surface area contributed by atoms with E-state index in [1.807, 2.05) is 0 Å². The predicted octanol–water partition coefficient (Wildman–Crippen LogP) is 2.15. The van der Waals surface area contributed by atoms with Crippen molar-refractivity contribution in [3.8, 4) is 0 Å². The number of rotatable bonds is 0. The van der Waals surface area contributed by atoms with Gasteiger partial charge in [-0.25, -0.2) is 0 Å². The first-order chi connectivity index (χ1) is 4.79. The van der Waals surface area contributed by atoms with Gasteiger partial charge in [0.2, 0.25) is 0 Å². The first-order valence-corrected chi connectivity index (χ1v) is 4.38. The summed E-state index contributed by atoms with van der Waals surface area (Å²) in [5.74, 6) is 1.34. The second kappa shape index (κ2) is 2.02. The summed E-state index contributed by atoms with van der Waals surface area (Å²) < 4.78 is 3.94. The molecule has 0 radical (unpaired) electrons. The van der Waals surface area contributed by atoms with Crippen LogP contribution in [-0.4, -0.2) is 9.59 Å². The van der Waals surface area contributed by atoms with E-state index < -0.39 is 0 Å². The molecule has 1 aliphatic rings. The van der Waals surface area contributed by atoms with E-state index >= 15 is 0 Å². The molecule has 1 aromatic heterocycles. The topological polar surface area (TPSA) is 25.8 Å². The SMILES string of the molecule is C[C@@H]1C[C@H](C)c2nnsc21. The third kappa shape index (κ3) is 0.700. The van der Waals surface area contributed by atoms with Crippen LogP contribution in [0, 0.1) is 0 Å². The molecule has 0 spiro atoms. The average molecular weight is 154 g/mol. The van der Waals surface area contributed by atoms with E-state index in [-0.39, 0.29) is 0 Å². The molecule has 1 heterocycles. The third-order valence-electron chi connectivity index (χ3n) is 2.16. The summed E-state index contributed by atoms with van der Waals surface area (Å²) in [6.07, 6.45) is 1.26. The Morgan fingerprint density at radius 1 is 1.40 bits per heavy atom. The summed E-state index contributed by atoms with van der Waals surface area (Å²) in [7, 11) is 0. The van der Waals surface area contributed by atoms with Gasteiger partial charge in [-0.05, 0) is 23.9 Å². The number of hydrogen-bond acceptors (Lipinski definition) is 3. The zero-order chi connectivity index (χ0) is 7.14. The summed E-state index contributed by atoms with van der Waals surface area (Å²) >= 11 is 1.56. The minimum atomic E-state index is 0.642. The van der Waals surface area contributed by atoms with Gasteiger partial charge < -0.3 is 0 Å². The van der Waals surface area contributed by atoms with E-state index in [1.165, 1.54) is 17.0 Å². The van der Waals surface area contributed by atoms with Crippen LogP contribution in [0.5, 0.6) is 0 Å². The van der Waals surface area contributed by atoms with E-state index in [9.17, 15) is 0 Å².